The molecule has 0 unspecified atom stereocenters. The molecule has 0 fully saturated rings. The number of nitro benzene ring substituents is 1. The summed E-state index contributed by atoms with van der Waals surface area (Å²) in [5.41, 5.74) is -0.111. The summed E-state index contributed by atoms with van der Waals surface area (Å²) in [5, 5.41) is 23.4. The average molecular weight is 250 g/mol. The van der Waals surface area contributed by atoms with Crippen LogP contribution in [0.1, 0.15) is 5.82 Å². The maximum absolute atomic E-state index is 10.8. The quantitative estimate of drug-likeness (QED) is 0.596. The third-order valence-corrected chi connectivity index (χ3v) is 2.29. The van der Waals surface area contributed by atoms with Gasteiger partial charge in [-0.15, -0.1) is 5.10 Å². The molecule has 0 amide bonds. The highest BCUT2D eigenvalue weighted by atomic mass is 35.5. The van der Waals surface area contributed by atoms with Crippen molar-refractivity contribution in [2.75, 3.05) is 0 Å². The van der Waals surface area contributed by atoms with Crippen molar-refractivity contribution in [3.05, 3.63) is 45.5 Å². The number of rotatable bonds is 2. The number of nitriles is 1. The van der Waals surface area contributed by atoms with Crippen molar-refractivity contribution in [1.82, 2.24) is 14.8 Å². The van der Waals surface area contributed by atoms with E-state index >= 15 is 0 Å². The number of hydrogen-bond acceptors (Lipinski definition) is 5. The fraction of sp³-hybridized carbons (Fsp3) is 0. The Morgan fingerprint density at radius 2 is 2.29 bits per heavy atom. The first-order valence-corrected chi connectivity index (χ1v) is 4.76. The smallest absolute Gasteiger partial charge is 0.258 e. The minimum atomic E-state index is -0.574. The second-order valence-electron chi connectivity index (χ2n) is 2.99. The number of para-hydroxylation sites is 1. The first-order chi connectivity index (χ1) is 8.13. The standard InChI is InChI=1S/C9H4ClN5O2/c10-6-2-1-3-7(15(16)17)9(6)14-5-12-8(4-11)13-14/h1-3,5H. The Morgan fingerprint density at radius 1 is 1.53 bits per heavy atom. The minimum Gasteiger partial charge on any atom is -0.258 e. The molecule has 2 aromatic rings. The zero-order chi connectivity index (χ0) is 12.4. The van der Waals surface area contributed by atoms with Gasteiger partial charge in [-0.25, -0.2) is 9.67 Å². The minimum absolute atomic E-state index is 0.0841. The Kier molecular flexibility index (Phi) is 2.72. The molecule has 1 aromatic carbocycles. The van der Waals surface area contributed by atoms with E-state index in [0.717, 1.165) is 4.68 Å². The van der Waals surface area contributed by atoms with Gasteiger partial charge in [-0.3, -0.25) is 10.1 Å². The molecule has 0 saturated heterocycles. The zero-order valence-corrected chi connectivity index (χ0v) is 9.00. The van der Waals surface area contributed by atoms with E-state index < -0.39 is 4.92 Å². The second kappa shape index (κ2) is 4.19. The molecule has 0 radical (unpaired) electrons. The Bertz CT molecular complexity index is 631. The number of hydrogen-bond donors (Lipinski definition) is 0. The van der Waals surface area contributed by atoms with Gasteiger partial charge in [-0.1, -0.05) is 17.7 Å². The van der Waals surface area contributed by atoms with Gasteiger partial charge in [-0.2, -0.15) is 5.26 Å². The summed E-state index contributed by atoms with van der Waals surface area (Å²) in [5.74, 6) is -0.0841. The van der Waals surface area contributed by atoms with Crippen LogP contribution >= 0.6 is 11.6 Å². The molecule has 0 aliphatic heterocycles. The average Bonchev–Trinajstić information content (AvgIpc) is 2.76. The highest BCUT2D eigenvalue weighted by Crippen LogP contribution is 2.29. The third-order valence-electron chi connectivity index (χ3n) is 1.98. The van der Waals surface area contributed by atoms with Gasteiger partial charge < -0.3 is 0 Å². The topological polar surface area (TPSA) is 97.6 Å². The van der Waals surface area contributed by atoms with Crippen molar-refractivity contribution in [3.8, 4) is 11.8 Å². The van der Waals surface area contributed by atoms with Crippen LogP contribution < -0.4 is 0 Å². The number of nitro groups is 1. The summed E-state index contributed by atoms with van der Waals surface area (Å²) < 4.78 is 1.11. The van der Waals surface area contributed by atoms with Gasteiger partial charge in [0.05, 0.1) is 9.95 Å². The molecule has 84 valence electrons. The van der Waals surface area contributed by atoms with Crippen molar-refractivity contribution in [2.45, 2.75) is 0 Å². The summed E-state index contributed by atoms with van der Waals surface area (Å²) in [4.78, 5) is 13.9. The largest absolute Gasteiger partial charge is 0.296 e. The molecule has 0 N–H and O–H groups in total. The number of aromatic nitrogens is 3. The Labute approximate surface area is 100 Å². The fourth-order valence-corrected chi connectivity index (χ4v) is 1.56. The Morgan fingerprint density at radius 3 is 2.88 bits per heavy atom. The van der Waals surface area contributed by atoms with Crippen LogP contribution in [0.25, 0.3) is 5.69 Å². The maximum Gasteiger partial charge on any atom is 0.296 e. The van der Waals surface area contributed by atoms with Crippen molar-refractivity contribution in [3.63, 3.8) is 0 Å². The highest BCUT2D eigenvalue weighted by molar-refractivity contribution is 6.32. The molecule has 0 aliphatic carbocycles. The van der Waals surface area contributed by atoms with Crippen LogP contribution in [0, 0.1) is 21.4 Å². The fourth-order valence-electron chi connectivity index (χ4n) is 1.30. The third kappa shape index (κ3) is 1.93. The summed E-state index contributed by atoms with van der Waals surface area (Å²) in [6.45, 7) is 0. The number of benzene rings is 1. The van der Waals surface area contributed by atoms with Crippen molar-refractivity contribution >= 4 is 17.3 Å². The predicted octanol–water partition coefficient (Wildman–Crippen LogP) is 1.70. The maximum atomic E-state index is 10.8. The lowest BCUT2D eigenvalue weighted by Gasteiger charge is -2.03. The SMILES string of the molecule is N#Cc1ncn(-c2c(Cl)cccc2[N+](=O)[O-])n1. The van der Waals surface area contributed by atoms with Gasteiger partial charge in [-0.05, 0) is 6.07 Å². The molecule has 0 atom stereocenters. The van der Waals surface area contributed by atoms with Crippen LogP contribution in [0.3, 0.4) is 0 Å². The van der Waals surface area contributed by atoms with Crippen molar-refractivity contribution in [2.24, 2.45) is 0 Å². The summed E-state index contributed by atoms with van der Waals surface area (Å²) in [6, 6.07) is 5.99. The van der Waals surface area contributed by atoms with E-state index in [2.05, 4.69) is 10.1 Å². The van der Waals surface area contributed by atoms with Crippen LogP contribution in [0.5, 0.6) is 0 Å². The van der Waals surface area contributed by atoms with E-state index in [1.807, 2.05) is 0 Å². The van der Waals surface area contributed by atoms with E-state index in [-0.39, 0.29) is 22.2 Å². The molecule has 17 heavy (non-hydrogen) atoms. The van der Waals surface area contributed by atoms with Crippen LogP contribution in [-0.2, 0) is 0 Å². The molecule has 0 bridgehead atoms. The monoisotopic (exact) mass is 249 g/mol. The van der Waals surface area contributed by atoms with E-state index in [9.17, 15) is 10.1 Å². The van der Waals surface area contributed by atoms with E-state index in [0.29, 0.717) is 0 Å². The molecule has 0 saturated carbocycles. The molecule has 0 spiro atoms. The lowest BCUT2D eigenvalue weighted by atomic mass is 10.3. The van der Waals surface area contributed by atoms with Gasteiger partial charge in [0.2, 0.25) is 0 Å². The molecule has 1 heterocycles. The van der Waals surface area contributed by atoms with Crippen LogP contribution in [0.15, 0.2) is 24.5 Å². The van der Waals surface area contributed by atoms with Gasteiger partial charge in [0.1, 0.15) is 12.4 Å². The molecule has 0 aliphatic rings. The van der Waals surface area contributed by atoms with Crippen molar-refractivity contribution < 1.29 is 4.92 Å². The summed E-state index contributed by atoms with van der Waals surface area (Å²) >= 11 is 5.88. The van der Waals surface area contributed by atoms with Crippen LogP contribution in [-0.4, -0.2) is 19.7 Å². The second-order valence-corrected chi connectivity index (χ2v) is 3.40. The summed E-state index contributed by atoms with van der Waals surface area (Å²) in [6.07, 6.45) is 1.20. The van der Waals surface area contributed by atoms with Crippen molar-refractivity contribution in [1.29, 1.82) is 5.26 Å². The first-order valence-electron chi connectivity index (χ1n) is 4.38. The predicted molar refractivity (Wildman–Crippen MR) is 57.7 cm³/mol. The lowest BCUT2D eigenvalue weighted by Crippen LogP contribution is -2.01. The van der Waals surface area contributed by atoms with Crippen LogP contribution in [0.4, 0.5) is 5.69 Å². The molecule has 8 heteroatoms. The number of nitrogens with zero attached hydrogens (tertiary/aromatic N) is 5. The Balaban J connectivity index is 2.66. The lowest BCUT2D eigenvalue weighted by molar-refractivity contribution is -0.384. The Hall–Kier alpha value is -2.46. The zero-order valence-electron chi connectivity index (χ0n) is 8.24. The van der Waals surface area contributed by atoms with Gasteiger partial charge in [0, 0.05) is 6.07 Å². The molecular weight excluding hydrogens is 246 g/mol. The van der Waals surface area contributed by atoms with Crippen LogP contribution in [0.2, 0.25) is 5.02 Å². The normalized spacial score (nSPS) is 9.88. The van der Waals surface area contributed by atoms with Gasteiger partial charge >= 0.3 is 0 Å². The van der Waals surface area contributed by atoms with E-state index in [1.54, 1.807) is 6.07 Å². The summed E-state index contributed by atoms with van der Waals surface area (Å²) in [7, 11) is 0. The van der Waals surface area contributed by atoms with Gasteiger partial charge in [0.15, 0.2) is 5.69 Å². The molecule has 1 aromatic heterocycles. The first kappa shape index (κ1) is 11.0. The molecule has 7 nitrogen and oxygen atoms in total. The van der Waals surface area contributed by atoms with Gasteiger partial charge in [0.25, 0.3) is 11.5 Å². The molecular formula is C9H4ClN5O2. The van der Waals surface area contributed by atoms with E-state index in [4.69, 9.17) is 16.9 Å². The van der Waals surface area contributed by atoms with E-state index in [1.165, 1.54) is 24.5 Å². The highest BCUT2D eigenvalue weighted by Gasteiger charge is 2.19. The number of halogens is 1. The molecule has 2 rings (SSSR count).